The quantitative estimate of drug-likeness (QED) is 0.651. The molecule has 1 N–H and O–H groups in total. The molecular weight excluding hydrogens is 280 g/mol. The van der Waals surface area contributed by atoms with E-state index in [0.717, 1.165) is 4.88 Å². The molecule has 0 spiro atoms. The van der Waals surface area contributed by atoms with Crippen molar-refractivity contribution in [3.05, 3.63) is 29.3 Å². The summed E-state index contributed by atoms with van der Waals surface area (Å²) in [7, 11) is 1.34. The number of amides is 1. The van der Waals surface area contributed by atoms with E-state index in [1.165, 1.54) is 18.4 Å². The van der Waals surface area contributed by atoms with E-state index < -0.39 is 0 Å². The maximum Gasteiger partial charge on any atom is 0.305 e. The van der Waals surface area contributed by atoms with Gasteiger partial charge in [-0.25, -0.2) is 0 Å². The van der Waals surface area contributed by atoms with Crippen LogP contribution in [0.2, 0.25) is 0 Å². The number of hydrogen-bond donors (Lipinski definition) is 1. The molecule has 0 unspecified atom stereocenters. The van der Waals surface area contributed by atoms with E-state index in [-0.39, 0.29) is 24.0 Å². The average Bonchev–Trinajstić information content (AvgIpc) is 3.12. The molecule has 0 atom stereocenters. The molecule has 2 rings (SSSR count). The number of esters is 1. The Bertz CT molecular complexity index is 577. The molecule has 1 amide bonds. The van der Waals surface area contributed by atoms with E-state index in [4.69, 9.17) is 4.52 Å². The summed E-state index contributed by atoms with van der Waals surface area (Å²) in [5.74, 6) is -0.0400. The summed E-state index contributed by atoms with van der Waals surface area (Å²) in [6, 6.07) is 5.39. The minimum absolute atomic E-state index is 0.228. The number of nitrogens with one attached hydrogen (secondary N) is 1. The van der Waals surface area contributed by atoms with Crippen molar-refractivity contribution in [3.8, 4) is 10.6 Å². The third kappa shape index (κ3) is 3.67. The highest BCUT2D eigenvalue weighted by molar-refractivity contribution is 7.13. The van der Waals surface area contributed by atoms with Crippen LogP contribution in [-0.4, -0.2) is 30.7 Å². The monoisotopic (exact) mass is 294 g/mol. The Morgan fingerprint density at radius 2 is 2.35 bits per heavy atom. The molecule has 20 heavy (non-hydrogen) atoms. The average molecular weight is 294 g/mol. The Labute approximate surface area is 119 Å². The number of ether oxygens (including phenoxy) is 1. The molecule has 0 aliphatic rings. The van der Waals surface area contributed by atoms with Gasteiger partial charge in [-0.15, -0.1) is 11.3 Å². The Hall–Kier alpha value is -2.15. The van der Waals surface area contributed by atoms with Gasteiger partial charge in [0.15, 0.2) is 11.5 Å². The zero-order valence-electron chi connectivity index (χ0n) is 10.9. The lowest BCUT2D eigenvalue weighted by atomic mass is 10.3. The second-order valence-corrected chi connectivity index (χ2v) is 4.94. The van der Waals surface area contributed by atoms with Gasteiger partial charge in [0.1, 0.15) is 0 Å². The minimum atomic E-state index is -0.318. The first-order chi connectivity index (χ1) is 9.70. The van der Waals surface area contributed by atoms with Gasteiger partial charge in [-0.05, 0) is 17.9 Å². The Balaban J connectivity index is 1.83. The second-order valence-electron chi connectivity index (χ2n) is 3.99. The molecule has 0 fully saturated rings. The van der Waals surface area contributed by atoms with Crippen molar-refractivity contribution < 1.29 is 18.8 Å². The fourth-order valence-electron chi connectivity index (χ4n) is 1.54. The zero-order chi connectivity index (χ0) is 14.4. The molecule has 0 saturated heterocycles. The lowest BCUT2D eigenvalue weighted by Crippen LogP contribution is -2.25. The predicted octanol–water partition coefficient (Wildman–Crippen LogP) is 2.09. The van der Waals surface area contributed by atoms with Gasteiger partial charge in [0, 0.05) is 19.0 Å². The van der Waals surface area contributed by atoms with Crippen molar-refractivity contribution in [2.45, 2.75) is 12.8 Å². The molecular formula is C13H14N2O4S. The summed E-state index contributed by atoms with van der Waals surface area (Å²) < 4.78 is 9.63. The van der Waals surface area contributed by atoms with Crippen LogP contribution in [0.15, 0.2) is 28.1 Å². The van der Waals surface area contributed by atoms with E-state index in [1.54, 1.807) is 6.07 Å². The summed E-state index contributed by atoms with van der Waals surface area (Å²) in [6.45, 7) is 0.384. The lowest BCUT2D eigenvalue weighted by Gasteiger charge is -2.01. The van der Waals surface area contributed by atoms with Gasteiger partial charge in [-0.3, -0.25) is 9.59 Å². The third-order valence-electron chi connectivity index (χ3n) is 2.58. The van der Waals surface area contributed by atoms with Gasteiger partial charge in [-0.1, -0.05) is 11.2 Å². The topological polar surface area (TPSA) is 81.4 Å². The molecule has 0 aliphatic heterocycles. The molecule has 0 radical (unpaired) electrons. The molecule has 6 nitrogen and oxygen atoms in total. The molecule has 0 aromatic carbocycles. The van der Waals surface area contributed by atoms with E-state index in [1.807, 2.05) is 17.5 Å². The number of rotatable bonds is 6. The van der Waals surface area contributed by atoms with Gasteiger partial charge in [0.2, 0.25) is 0 Å². The van der Waals surface area contributed by atoms with Crippen LogP contribution in [0.3, 0.4) is 0 Å². The maximum atomic E-state index is 11.8. The molecule has 0 saturated carbocycles. The number of carbonyl (C=O) groups is 2. The van der Waals surface area contributed by atoms with Crippen molar-refractivity contribution in [1.82, 2.24) is 10.5 Å². The molecule has 0 bridgehead atoms. The molecule has 0 aliphatic carbocycles. The normalized spacial score (nSPS) is 10.2. The Morgan fingerprint density at radius 3 is 3.05 bits per heavy atom. The van der Waals surface area contributed by atoms with Crippen molar-refractivity contribution in [1.29, 1.82) is 0 Å². The molecule has 2 heterocycles. The third-order valence-corrected chi connectivity index (χ3v) is 3.46. The van der Waals surface area contributed by atoms with Crippen LogP contribution in [-0.2, 0) is 9.53 Å². The first-order valence-corrected chi connectivity index (χ1v) is 6.94. The van der Waals surface area contributed by atoms with Crippen molar-refractivity contribution in [3.63, 3.8) is 0 Å². The van der Waals surface area contributed by atoms with Crippen LogP contribution in [0.1, 0.15) is 23.3 Å². The Kier molecular flexibility index (Phi) is 4.89. The van der Waals surface area contributed by atoms with Crippen LogP contribution >= 0.6 is 11.3 Å². The molecule has 7 heteroatoms. The van der Waals surface area contributed by atoms with Crippen molar-refractivity contribution >= 4 is 23.2 Å². The smallest absolute Gasteiger partial charge is 0.305 e. The second kappa shape index (κ2) is 6.85. The first-order valence-electron chi connectivity index (χ1n) is 6.06. The van der Waals surface area contributed by atoms with Crippen LogP contribution in [0.25, 0.3) is 10.6 Å². The number of hydrogen-bond acceptors (Lipinski definition) is 6. The fraction of sp³-hybridized carbons (Fsp3) is 0.308. The van der Waals surface area contributed by atoms with Gasteiger partial charge < -0.3 is 14.6 Å². The highest BCUT2D eigenvalue weighted by atomic mass is 32.1. The van der Waals surface area contributed by atoms with Crippen LogP contribution in [0.4, 0.5) is 0 Å². The fourth-order valence-corrected chi connectivity index (χ4v) is 2.22. The molecule has 2 aromatic heterocycles. The van der Waals surface area contributed by atoms with E-state index in [9.17, 15) is 9.59 Å². The van der Waals surface area contributed by atoms with E-state index >= 15 is 0 Å². The first kappa shape index (κ1) is 14.3. The SMILES string of the molecule is COC(=O)CCCNC(=O)c1cc(-c2cccs2)on1. The molecule has 2 aromatic rings. The highest BCUT2D eigenvalue weighted by Crippen LogP contribution is 2.24. The summed E-state index contributed by atoms with van der Waals surface area (Å²) in [5.41, 5.74) is 0.228. The summed E-state index contributed by atoms with van der Waals surface area (Å²) in [5, 5.41) is 8.32. The summed E-state index contributed by atoms with van der Waals surface area (Å²) in [4.78, 5) is 23.6. The summed E-state index contributed by atoms with van der Waals surface area (Å²) in [6.07, 6.45) is 0.796. The number of carbonyl (C=O) groups excluding carboxylic acids is 2. The number of methoxy groups -OCH3 is 1. The largest absolute Gasteiger partial charge is 0.469 e. The maximum absolute atomic E-state index is 11.8. The van der Waals surface area contributed by atoms with E-state index in [2.05, 4.69) is 15.2 Å². The van der Waals surface area contributed by atoms with Gasteiger partial charge in [0.25, 0.3) is 5.91 Å². The van der Waals surface area contributed by atoms with Gasteiger partial charge >= 0.3 is 5.97 Å². The van der Waals surface area contributed by atoms with E-state index in [0.29, 0.717) is 18.7 Å². The number of aromatic nitrogens is 1. The van der Waals surface area contributed by atoms with Gasteiger partial charge in [0.05, 0.1) is 12.0 Å². The Morgan fingerprint density at radius 1 is 1.50 bits per heavy atom. The van der Waals surface area contributed by atoms with Gasteiger partial charge in [-0.2, -0.15) is 0 Å². The minimum Gasteiger partial charge on any atom is -0.469 e. The van der Waals surface area contributed by atoms with Crippen LogP contribution in [0.5, 0.6) is 0 Å². The number of thiophene rings is 1. The van der Waals surface area contributed by atoms with Crippen molar-refractivity contribution in [2.75, 3.05) is 13.7 Å². The van der Waals surface area contributed by atoms with Crippen LogP contribution in [0, 0.1) is 0 Å². The number of nitrogens with zero attached hydrogens (tertiary/aromatic N) is 1. The predicted molar refractivity (Wildman–Crippen MR) is 73.4 cm³/mol. The zero-order valence-corrected chi connectivity index (χ0v) is 11.7. The summed E-state index contributed by atoms with van der Waals surface area (Å²) >= 11 is 1.51. The lowest BCUT2D eigenvalue weighted by molar-refractivity contribution is -0.140. The highest BCUT2D eigenvalue weighted by Gasteiger charge is 2.13. The molecule has 106 valence electrons. The van der Waals surface area contributed by atoms with Crippen LogP contribution < -0.4 is 5.32 Å². The standard InChI is InChI=1S/C13H14N2O4S/c1-18-12(16)5-2-6-14-13(17)9-8-10(19-15-9)11-4-3-7-20-11/h3-4,7-8H,2,5-6H2,1H3,(H,14,17). The van der Waals surface area contributed by atoms with Crippen molar-refractivity contribution in [2.24, 2.45) is 0 Å².